The lowest BCUT2D eigenvalue weighted by molar-refractivity contribution is 1.11. The summed E-state index contributed by atoms with van der Waals surface area (Å²) in [6.45, 7) is 0. The second-order valence-corrected chi connectivity index (χ2v) is 10.8. The van der Waals surface area contributed by atoms with Crippen LogP contribution in [0.4, 0.5) is 0 Å². The number of nitrogens with two attached hydrogens (primary N) is 1. The number of hydrogen-bond acceptors (Lipinski definition) is 1. The number of benzene rings is 6. The van der Waals surface area contributed by atoms with E-state index in [2.05, 4.69) is 143 Å². The van der Waals surface area contributed by atoms with Gasteiger partial charge in [0.25, 0.3) is 0 Å². The molecule has 0 unspecified atom stereocenters. The van der Waals surface area contributed by atoms with Crippen LogP contribution in [0.2, 0.25) is 0 Å². The maximum absolute atomic E-state index is 6.56. The molecule has 0 atom stereocenters. The third kappa shape index (κ3) is 3.90. The van der Waals surface area contributed by atoms with E-state index in [1.165, 1.54) is 49.2 Å². The first-order chi connectivity index (χ1) is 20.8. The molecule has 3 nitrogen and oxygen atoms in total. The minimum atomic E-state index is 0.718. The Hall–Kier alpha value is -5.54. The molecular formula is C39H29N3. The normalized spacial score (nSPS) is 12.1. The fourth-order valence-electron chi connectivity index (χ4n) is 6.41. The first kappa shape index (κ1) is 24.3. The largest absolute Gasteiger partial charge is 0.398 e. The van der Waals surface area contributed by atoms with Crippen molar-refractivity contribution in [1.82, 2.24) is 9.13 Å². The average Bonchev–Trinajstić information content (AvgIpc) is 3.57. The molecule has 0 saturated carbocycles. The first-order valence-electron chi connectivity index (χ1n) is 14.4. The van der Waals surface area contributed by atoms with E-state index in [0.29, 0.717) is 0 Å². The number of rotatable bonds is 5. The van der Waals surface area contributed by atoms with Crippen LogP contribution in [0.15, 0.2) is 152 Å². The van der Waals surface area contributed by atoms with Crippen molar-refractivity contribution < 1.29 is 0 Å². The highest BCUT2D eigenvalue weighted by atomic mass is 15.0. The quantitative estimate of drug-likeness (QED) is 0.232. The summed E-state index contributed by atoms with van der Waals surface area (Å²) in [4.78, 5) is 0. The van der Waals surface area contributed by atoms with Crippen LogP contribution in [0, 0.1) is 0 Å². The number of para-hydroxylation sites is 4. The lowest BCUT2D eigenvalue weighted by atomic mass is 10.1. The Kier molecular flexibility index (Phi) is 5.68. The van der Waals surface area contributed by atoms with Crippen LogP contribution >= 0.6 is 0 Å². The summed E-state index contributed by atoms with van der Waals surface area (Å²) < 4.78 is 4.80. The van der Waals surface area contributed by atoms with Gasteiger partial charge in [0, 0.05) is 38.6 Å². The van der Waals surface area contributed by atoms with E-state index in [0.717, 1.165) is 29.1 Å². The van der Waals surface area contributed by atoms with Crippen molar-refractivity contribution in [2.75, 3.05) is 0 Å². The Morgan fingerprint density at radius 3 is 1.29 bits per heavy atom. The zero-order valence-corrected chi connectivity index (χ0v) is 23.1. The highest BCUT2D eigenvalue weighted by Gasteiger charge is 2.16. The van der Waals surface area contributed by atoms with E-state index >= 15 is 0 Å². The van der Waals surface area contributed by atoms with Gasteiger partial charge in [0.1, 0.15) is 0 Å². The number of allylic oxidation sites excluding steroid dienone is 1. The van der Waals surface area contributed by atoms with Crippen molar-refractivity contribution in [1.29, 1.82) is 0 Å². The molecule has 6 aromatic carbocycles. The van der Waals surface area contributed by atoms with Gasteiger partial charge < -0.3 is 14.9 Å². The zero-order chi connectivity index (χ0) is 28.0. The summed E-state index contributed by atoms with van der Waals surface area (Å²) in [6, 6.07) is 51.9. The van der Waals surface area contributed by atoms with E-state index in [-0.39, 0.29) is 0 Å². The Labute approximate surface area is 244 Å². The molecule has 0 bridgehead atoms. The summed E-state index contributed by atoms with van der Waals surface area (Å²) in [5.41, 5.74) is 16.6. The van der Waals surface area contributed by atoms with Crippen LogP contribution in [-0.2, 0) is 6.42 Å². The van der Waals surface area contributed by atoms with E-state index in [9.17, 15) is 0 Å². The van der Waals surface area contributed by atoms with Crippen molar-refractivity contribution in [2.45, 2.75) is 6.42 Å². The fourth-order valence-corrected chi connectivity index (χ4v) is 6.41. The molecule has 0 aliphatic heterocycles. The van der Waals surface area contributed by atoms with Crippen molar-refractivity contribution >= 4 is 49.3 Å². The van der Waals surface area contributed by atoms with Crippen molar-refractivity contribution in [3.8, 4) is 11.4 Å². The van der Waals surface area contributed by atoms with E-state index in [1.807, 2.05) is 18.2 Å². The molecular weight excluding hydrogens is 510 g/mol. The third-order valence-corrected chi connectivity index (χ3v) is 8.30. The molecule has 0 radical (unpaired) electrons. The predicted molar refractivity (Wildman–Crippen MR) is 177 cm³/mol. The highest BCUT2D eigenvalue weighted by Crippen LogP contribution is 2.36. The Morgan fingerprint density at radius 1 is 0.476 bits per heavy atom. The van der Waals surface area contributed by atoms with Crippen LogP contribution in [-0.4, -0.2) is 9.13 Å². The smallest absolute Gasteiger partial charge is 0.0541 e. The van der Waals surface area contributed by atoms with Crippen LogP contribution in [0.1, 0.15) is 11.1 Å². The summed E-state index contributed by atoms with van der Waals surface area (Å²) in [5.74, 6) is 0. The lowest BCUT2D eigenvalue weighted by Crippen LogP contribution is -2.02. The monoisotopic (exact) mass is 539 g/mol. The second-order valence-electron chi connectivity index (χ2n) is 10.8. The molecule has 0 saturated heterocycles. The summed E-state index contributed by atoms with van der Waals surface area (Å²) >= 11 is 0. The number of hydrogen-bond donors (Lipinski definition) is 1. The Morgan fingerprint density at radius 2 is 0.857 bits per heavy atom. The molecule has 0 aliphatic rings. The SMILES string of the molecule is N/C(=C\Cc1cc(-n2c3ccccc3c3ccccc32)cc(-n2c3ccccc3c3ccccc32)c1)c1ccccc1. The predicted octanol–water partition coefficient (Wildman–Crippen LogP) is 9.42. The summed E-state index contributed by atoms with van der Waals surface area (Å²) in [5, 5.41) is 5.02. The molecule has 2 N–H and O–H groups in total. The molecule has 2 heterocycles. The fraction of sp³-hybridized carbons (Fsp3) is 0.0256. The molecule has 0 spiro atoms. The summed E-state index contributed by atoms with van der Waals surface area (Å²) in [6.07, 6.45) is 2.85. The second kappa shape index (κ2) is 9.83. The van der Waals surface area contributed by atoms with Gasteiger partial charge in [-0.25, -0.2) is 0 Å². The highest BCUT2D eigenvalue weighted by molar-refractivity contribution is 6.10. The van der Waals surface area contributed by atoms with Crippen LogP contribution in [0.5, 0.6) is 0 Å². The molecule has 2 aromatic heterocycles. The van der Waals surface area contributed by atoms with Crippen LogP contribution in [0.3, 0.4) is 0 Å². The van der Waals surface area contributed by atoms with Crippen LogP contribution < -0.4 is 5.73 Å². The van der Waals surface area contributed by atoms with Gasteiger partial charge in [-0.05, 0) is 60.0 Å². The average molecular weight is 540 g/mol. The zero-order valence-electron chi connectivity index (χ0n) is 23.1. The van der Waals surface area contributed by atoms with Gasteiger partial charge in [0.05, 0.1) is 22.1 Å². The van der Waals surface area contributed by atoms with Crippen molar-refractivity contribution in [2.24, 2.45) is 5.73 Å². The van der Waals surface area contributed by atoms with Crippen molar-refractivity contribution in [3.05, 3.63) is 163 Å². The van der Waals surface area contributed by atoms with Crippen molar-refractivity contribution in [3.63, 3.8) is 0 Å². The minimum absolute atomic E-state index is 0.718. The minimum Gasteiger partial charge on any atom is -0.398 e. The van der Waals surface area contributed by atoms with E-state index < -0.39 is 0 Å². The molecule has 200 valence electrons. The van der Waals surface area contributed by atoms with Gasteiger partial charge in [-0.2, -0.15) is 0 Å². The Balaban J connectivity index is 1.40. The van der Waals surface area contributed by atoms with E-state index in [4.69, 9.17) is 5.73 Å². The van der Waals surface area contributed by atoms with E-state index in [1.54, 1.807) is 0 Å². The van der Waals surface area contributed by atoms with Gasteiger partial charge >= 0.3 is 0 Å². The summed E-state index contributed by atoms with van der Waals surface area (Å²) in [7, 11) is 0. The maximum atomic E-state index is 6.56. The lowest BCUT2D eigenvalue weighted by Gasteiger charge is -2.15. The topological polar surface area (TPSA) is 35.9 Å². The van der Waals surface area contributed by atoms with Gasteiger partial charge in [-0.15, -0.1) is 0 Å². The number of fused-ring (bicyclic) bond motifs is 6. The Bertz CT molecular complexity index is 2040. The van der Waals surface area contributed by atoms with Gasteiger partial charge in [0.15, 0.2) is 0 Å². The van der Waals surface area contributed by atoms with Gasteiger partial charge in [0.2, 0.25) is 0 Å². The van der Waals surface area contributed by atoms with Gasteiger partial charge in [-0.1, -0.05) is 109 Å². The maximum Gasteiger partial charge on any atom is 0.0541 e. The first-order valence-corrected chi connectivity index (χ1v) is 14.4. The molecule has 42 heavy (non-hydrogen) atoms. The molecule has 0 fully saturated rings. The molecule has 3 heteroatoms. The molecule has 8 rings (SSSR count). The number of aromatic nitrogens is 2. The standard InChI is InChI=1S/C39H29N3/c40-35(28-12-2-1-3-13-28)23-22-27-24-29(41-36-18-8-4-14-31(36)32-15-5-9-19-37(32)41)26-30(25-27)42-38-20-10-6-16-33(38)34-17-7-11-21-39(34)42/h1-21,23-26H,22,40H2/b35-23-. The molecule has 8 aromatic rings. The van der Waals surface area contributed by atoms with Crippen LogP contribution in [0.25, 0.3) is 60.7 Å². The third-order valence-electron chi connectivity index (χ3n) is 8.30. The molecule has 0 amide bonds. The number of nitrogens with zero attached hydrogens (tertiary/aromatic N) is 2. The van der Waals surface area contributed by atoms with Gasteiger partial charge in [-0.3, -0.25) is 0 Å². The molecule has 0 aliphatic carbocycles.